The maximum atomic E-state index is 12.0. The summed E-state index contributed by atoms with van der Waals surface area (Å²) in [6.07, 6.45) is 0.741. The van der Waals surface area contributed by atoms with E-state index in [-0.39, 0.29) is 23.8 Å². The Bertz CT molecular complexity index is 766. The number of carboxylic acid groups (broad SMARTS) is 1. The average Bonchev–Trinajstić information content (AvgIpc) is 2.59. The van der Waals surface area contributed by atoms with E-state index in [2.05, 4.69) is 5.32 Å². The van der Waals surface area contributed by atoms with Crippen molar-refractivity contribution in [1.29, 1.82) is 0 Å². The number of amides is 2. The van der Waals surface area contributed by atoms with Crippen LogP contribution in [0.15, 0.2) is 11.6 Å². The number of nitrogens with zero attached hydrogens (tertiary/aromatic N) is 1. The predicted octanol–water partition coefficient (Wildman–Crippen LogP) is 5.42. The number of rotatable bonds is 6. The van der Waals surface area contributed by atoms with E-state index in [1.165, 1.54) is 6.92 Å². The Kier molecular flexibility index (Phi) is 13.3. The summed E-state index contributed by atoms with van der Waals surface area (Å²) in [5, 5.41) is 11.3. The molecule has 9 nitrogen and oxygen atoms in total. The Labute approximate surface area is 211 Å². The van der Waals surface area contributed by atoms with Crippen LogP contribution in [0, 0.1) is 11.3 Å². The first-order valence-electron chi connectivity index (χ1n) is 11.8. The summed E-state index contributed by atoms with van der Waals surface area (Å²) >= 11 is 0. The molecule has 0 bridgehead atoms. The zero-order valence-corrected chi connectivity index (χ0v) is 24.2. The van der Waals surface area contributed by atoms with Gasteiger partial charge in [0.2, 0.25) is 0 Å². The van der Waals surface area contributed by atoms with E-state index in [0.29, 0.717) is 5.57 Å². The van der Waals surface area contributed by atoms with Crippen LogP contribution in [-0.2, 0) is 19.1 Å². The van der Waals surface area contributed by atoms with Crippen molar-refractivity contribution in [2.75, 3.05) is 7.05 Å². The molecule has 9 heteroatoms. The lowest BCUT2D eigenvalue weighted by molar-refractivity contribution is -0.142. The first-order chi connectivity index (χ1) is 15.4. The topological polar surface area (TPSA) is 122 Å². The highest BCUT2D eigenvalue weighted by Crippen LogP contribution is 2.20. The van der Waals surface area contributed by atoms with Crippen molar-refractivity contribution in [3.63, 3.8) is 0 Å². The standard InChI is InChI=1S/C15H27NO3.C11H21NO4/c1-10(2)13(9-11(3)12(4)17)16(8)14(18)19-15(5,6)7;1-10(2,3)7(8(13)14)12-9(15)16-11(4,5)6/h9-10,13H,1-8H3;7H,1-6H3,(H,12,15)(H,13,14)/b11-9+;/t13-;7-/m11/s1. The van der Waals surface area contributed by atoms with Gasteiger partial charge in [0.05, 0.1) is 6.04 Å². The quantitative estimate of drug-likeness (QED) is 0.467. The van der Waals surface area contributed by atoms with Gasteiger partial charge in [0, 0.05) is 7.05 Å². The van der Waals surface area contributed by atoms with Crippen LogP contribution in [-0.4, -0.2) is 64.3 Å². The number of likely N-dealkylation sites (N-methyl/N-ethyl adjacent to an activating group) is 1. The third kappa shape index (κ3) is 15.9. The summed E-state index contributed by atoms with van der Waals surface area (Å²) in [4.78, 5) is 47.3. The molecule has 0 saturated heterocycles. The number of carbonyl (C=O) groups is 4. The van der Waals surface area contributed by atoms with Crippen LogP contribution in [0.3, 0.4) is 0 Å². The van der Waals surface area contributed by atoms with Crippen molar-refractivity contribution in [1.82, 2.24) is 10.2 Å². The molecule has 0 aromatic rings. The van der Waals surface area contributed by atoms with Gasteiger partial charge in [-0.25, -0.2) is 14.4 Å². The van der Waals surface area contributed by atoms with E-state index in [9.17, 15) is 19.2 Å². The minimum atomic E-state index is -1.07. The number of carbonyl (C=O) groups excluding carboxylic acids is 3. The Morgan fingerprint density at radius 1 is 0.857 bits per heavy atom. The van der Waals surface area contributed by atoms with Gasteiger partial charge >= 0.3 is 18.2 Å². The maximum Gasteiger partial charge on any atom is 0.410 e. The van der Waals surface area contributed by atoms with E-state index in [1.54, 1.807) is 60.4 Å². The van der Waals surface area contributed by atoms with Crippen molar-refractivity contribution in [3.05, 3.63) is 11.6 Å². The molecule has 0 rings (SSSR count). The van der Waals surface area contributed by atoms with Crippen molar-refractivity contribution in [2.24, 2.45) is 11.3 Å². The zero-order valence-electron chi connectivity index (χ0n) is 24.2. The number of hydrogen-bond donors (Lipinski definition) is 2. The molecule has 204 valence electrons. The molecule has 0 aliphatic carbocycles. The van der Waals surface area contributed by atoms with E-state index in [0.717, 1.165) is 0 Å². The van der Waals surface area contributed by atoms with Gasteiger partial charge in [-0.05, 0) is 72.3 Å². The van der Waals surface area contributed by atoms with Crippen LogP contribution in [0.4, 0.5) is 9.59 Å². The van der Waals surface area contributed by atoms with Crippen LogP contribution in [0.1, 0.15) is 90.0 Å². The lowest BCUT2D eigenvalue weighted by Crippen LogP contribution is -2.50. The molecule has 0 spiro atoms. The van der Waals surface area contributed by atoms with E-state index < -0.39 is 34.7 Å². The van der Waals surface area contributed by atoms with Gasteiger partial charge in [0.15, 0.2) is 5.78 Å². The molecule has 0 radical (unpaired) electrons. The van der Waals surface area contributed by atoms with Crippen LogP contribution >= 0.6 is 0 Å². The van der Waals surface area contributed by atoms with Crippen molar-refractivity contribution < 1.29 is 33.8 Å². The number of carboxylic acids is 1. The van der Waals surface area contributed by atoms with Crippen molar-refractivity contribution in [3.8, 4) is 0 Å². The van der Waals surface area contributed by atoms with Crippen LogP contribution in [0.2, 0.25) is 0 Å². The number of hydrogen-bond acceptors (Lipinski definition) is 6. The number of nitrogens with one attached hydrogen (secondary N) is 1. The molecule has 2 N–H and O–H groups in total. The molecule has 0 saturated carbocycles. The third-order valence-corrected chi connectivity index (χ3v) is 4.56. The monoisotopic (exact) mass is 500 g/mol. The van der Waals surface area contributed by atoms with E-state index in [4.69, 9.17) is 14.6 Å². The molecule has 35 heavy (non-hydrogen) atoms. The second-order valence-corrected chi connectivity index (χ2v) is 12.0. The van der Waals surface area contributed by atoms with Gasteiger partial charge in [0.1, 0.15) is 17.2 Å². The summed E-state index contributed by atoms with van der Waals surface area (Å²) in [6, 6.07) is -1.12. The van der Waals surface area contributed by atoms with Gasteiger partial charge in [-0.2, -0.15) is 0 Å². The molecule has 0 aliphatic heterocycles. The van der Waals surface area contributed by atoms with Crippen LogP contribution < -0.4 is 5.32 Å². The molecule has 0 unspecified atom stereocenters. The number of Topliss-reactive ketones (excluding diaryl/α,β-unsaturated/α-hetero) is 1. The Morgan fingerprint density at radius 3 is 1.57 bits per heavy atom. The molecular formula is C26H48N2O7. The van der Waals surface area contributed by atoms with Gasteiger partial charge in [-0.3, -0.25) is 4.79 Å². The zero-order chi connectivity index (χ0) is 28.5. The van der Waals surface area contributed by atoms with Crippen LogP contribution in [0.5, 0.6) is 0 Å². The lowest BCUT2D eigenvalue weighted by atomic mass is 9.87. The maximum absolute atomic E-state index is 12.0. The highest BCUT2D eigenvalue weighted by atomic mass is 16.6. The van der Waals surface area contributed by atoms with Crippen LogP contribution in [0.25, 0.3) is 0 Å². The second-order valence-electron chi connectivity index (χ2n) is 12.0. The number of ketones is 1. The molecule has 0 heterocycles. The number of ether oxygens (including phenoxy) is 2. The first-order valence-corrected chi connectivity index (χ1v) is 11.8. The normalized spacial score (nSPS) is 14.2. The molecule has 0 aromatic heterocycles. The molecule has 2 atom stereocenters. The molecule has 0 fully saturated rings. The fourth-order valence-electron chi connectivity index (χ4n) is 2.65. The Morgan fingerprint density at radius 2 is 1.29 bits per heavy atom. The van der Waals surface area contributed by atoms with Gasteiger partial charge in [-0.15, -0.1) is 0 Å². The Hall–Kier alpha value is -2.58. The largest absolute Gasteiger partial charge is 0.480 e. The predicted molar refractivity (Wildman–Crippen MR) is 137 cm³/mol. The summed E-state index contributed by atoms with van der Waals surface area (Å²) < 4.78 is 10.3. The number of aliphatic carboxylic acids is 1. The molecule has 0 aliphatic rings. The Balaban J connectivity index is 0. The van der Waals surface area contributed by atoms with E-state index >= 15 is 0 Å². The summed E-state index contributed by atoms with van der Waals surface area (Å²) in [6.45, 7) is 23.2. The molecule has 2 amide bonds. The minimum Gasteiger partial charge on any atom is -0.480 e. The van der Waals surface area contributed by atoms with Gasteiger partial charge < -0.3 is 24.8 Å². The lowest BCUT2D eigenvalue weighted by Gasteiger charge is -2.31. The second kappa shape index (κ2) is 13.5. The number of allylic oxidation sites excluding steroid dienone is 1. The molecule has 0 aromatic carbocycles. The van der Waals surface area contributed by atoms with Crippen molar-refractivity contribution >= 4 is 23.9 Å². The third-order valence-electron chi connectivity index (χ3n) is 4.56. The fourth-order valence-corrected chi connectivity index (χ4v) is 2.65. The highest BCUT2D eigenvalue weighted by molar-refractivity contribution is 5.92. The first kappa shape index (κ1) is 34.6. The van der Waals surface area contributed by atoms with Gasteiger partial charge in [-0.1, -0.05) is 40.7 Å². The van der Waals surface area contributed by atoms with Crippen molar-refractivity contribution in [2.45, 2.75) is 113 Å². The number of alkyl carbamates (subject to hydrolysis) is 1. The van der Waals surface area contributed by atoms with E-state index in [1.807, 2.05) is 40.7 Å². The summed E-state index contributed by atoms with van der Waals surface area (Å²) in [7, 11) is 1.70. The minimum absolute atomic E-state index is 0.0169. The smallest absolute Gasteiger partial charge is 0.410 e. The summed E-state index contributed by atoms with van der Waals surface area (Å²) in [5.41, 5.74) is -1.06. The summed E-state index contributed by atoms with van der Waals surface area (Å²) in [5.74, 6) is -0.853. The SMILES string of the molecule is CC(=O)/C(C)=C/[C@H](C(C)C)N(C)C(=O)OC(C)(C)C.CC(C)(C)OC(=O)N[C@H](C(=O)O)C(C)(C)C. The molecular weight excluding hydrogens is 452 g/mol. The fraction of sp³-hybridized carbons (Fsp3) is 0.769. The highest BCUT2D eigenvalue weighted by Gasteiger charge is 2.34. The average molecular weight is 501 g/mol. The van der Waals surface area contributed by atoms with Gasteiger partial charge in [0.25, 0.3) is 0 Å².